The number of hydrogen-bond acceptors (Lipinski definition) is 4. The molecule has 122 valence electrons. The van der Waals surface area contributed by atoms with Crippen molar-refractivity contribution in [1.82, 2.24) is 5.32 Å². The standard InChI is InChI=1S/C18H23N3O2/c22-18(20-13-17-5-4-12-23-17)14-19-15-6-8-16(9-7-15)21-10-2-1-3-11-21/h4-9,12,19H,1-3,10-11,13-14H2,(H,20,22). The smallest absolute Gasteiger partial charge is 0.239 e. The molecule has 0 atom stereocenters. The summed E-state index contributed by atoms with van der Waals surface area (Å²) in [5, 5.41) is 5.96. The largest absolute Gasteiger partial charge is 0.467 e. The van der Waals surface area contributed by atoms with Crippen molar-refractivity contribution in [1.29, 1.82) is 0 Å². The van der Waals surface area contributed by atoms with E-state index in [1.807, 2.05) is 24.3 Å². The maximum Gasteiger partial charge on any atom is 0.239 e. The number of carbonyl (C=O) groups is 1. The zero-order chi connectivity index (χ0) is 15.9. The number of carbonyl (C=O) groups excluding carboxylic acids is 1. The Labute approximate surface area is 136 Å². The molecule has 2 heterocycles. The predicted molar refractivity (Wildman–Crippen MR) is 91.6 cm³/mol. The van der Waals surface area contributed by atoms with Crippen LogP contribution in [-0.4, -0.2) is 25.5 Å². The van der Waals surface area contributed by atoms with Crippen LogP contribution in [-0.2, 0) is 11.3 Å². The number of anilines is 2. The summed E-state index contributed by atoms with van der Waals surface area (Å²) >= 11 is 0. The Hall–Kier alpha value is -2.43. The average Bonchev–Trinajstić information content (AvgIpc) is 3.13. The SMILES string of the molecule is O=C(CNc1ccc(N2CCCCC2)cc1)NCc1ccco1. The van der Waals surface area contributed by atoms with E-state index in [-0.39, 0.29) is 12.5 Å². The van der Waals surface area contributed by atoms with Crippen LogP contribution in [0.1, 0.15) is 25.0 Å². The fraction of sp³-hybridized carbons (Fsp3) is 0.389. The quantitative estimate of drug-likeness (QED) is 0.861. The molecule has 0 spiro atoms. The second kappa shape index (κ2) is 7.72. The first-order valence-electron chi connectivity index (χ1n) is 8.19. The minimum absolute atomic E-state index is 0.0542. The van der Waals surface area contributed by atoms with Crippen LogP contribution in [0.2, 0.25) is 0 Å². The molecule has 23 heavy (non-hydrogen) atoms. The molecule has 0 unspecified atom stereocenters. The molecule has 0 aliphatic carbocycles. The molecule has 1 aromatic heterocycles. The summed E-state index contributed by atoms with van der Waals surface area (Å²) in [5.41, 5.74) is 2.22. The molecule has 5 heteroatoms. The second-order valence-corrected chi connectivity index (χ2v) is 5.80. The van der Waals surface area contributed by atoms with E-state index in [1.165, 1.54) is 24.9 Å². The maximum atomic E-state index is 11.8. The molecule has 1 amide bonds. The Morgan fingerprint density at radius 2 is 1.87 bits per heavy atom. The summed E-state index contributed by atoms with van der Waals surface area (Å²) in [6.07, 6.45) is 5.48. The third kappa shape index (κ3) is 4.52. The Morgan fingerprint density at radius 1 is 1.09 bits per heavy atom. The summed E-state index contributed by atoms with van der Waals surface area (Å²) in [6.45, 7) is 2.95. The van der Waals surface area contributed by atoms with Crippen molar-refractivity contribution < 1.29 is 9.21 Å². The minimum atomic E-state index is -0.0542. The Balaban J connectivity index is 1.43. The van der Waals surface area contributed by atoms with Crippen LogP contribution in [0.15, 0.2) is 47.1 Å². The lowest BCUT2D eigenvalue weighted by Gasteiger charge is -2.28. The molecule has 1 aliphatic rings. The highest BCUT2D eigenvalue weighted by atomic mass is 16.3. The number of amides is 1. The van der Waals surface area contributed by atoms with E-state index in [9.17, 15) is 4.79 Å². The highest BCUT2D eigenvalue weighted by Gasteiger charge is 2.10. The van der Waals surface area contributed by atoms with Gasteiger partial charge >= 0.3 is 0 Å². The molecule has 0 radical (unpaired) electrons. The van der Waals surface area contributed by atoms with Crippen molar-refractivity contribution in [3.8, 4) is 0 Å². The van der Waals surface area contributed by atoms with Gasteiger partial charge in [-0.2, -0.15) is 0 Å². The molecule has 1 fully saturated rings. The lowest BCUT2D eigenvalue weighted by molar-refractivity contribution is -0.119. The predicted octanol–water partition coefficient (Wildman–Crippen LogP) is 3.00. The number of hydrogen-bond donors (Lipinski definition) is 2. The van der Waals surface area contributed by atoms with Gasteiger partial charge in [-0.05, 0) is 55.7 Å². The number of nitrogens with zero attached hydrogens (tertiary/aromatic N) is 1. The van der Waals surface area contributed by atoms with Gasteiger partial charge in [-0.3, -0.25) is 4.79 Å². The molecule has 3 rings (SSSR count). The van der Waals surface area contributed by atoms with Gasteiger partial charge < -0.3 is 20.0 Å². The van der Waals surface area contributed by atoms with Gasteiger partial charge in [0.1, 0.15) is 5.76 Å². The van der Waals surface area contributed by atoms with Crippen LogP contribution in [0.3, 0.4) is 0 Å². The van der Waals surface area contributed by atoms with E-state index in [2.05, 4.69) is 27.7 Å². The topological polar surface area (TPSA) is 57.5 Å². The minimum Gasteiger partial charge on any atom is -0.467 e. The van der Waals surface area contributed by atoms with Gasteiger partial charge in [-0.1, -0.05) is 0 Å². The molecular weight excluding hydrogens is 290 g/mol. The number of furan rings is 1. The van der Waals surface area contributed by atoms with E-state index >= 15 is 0 Å². The molecule has 1 saturated heterocycles. The monoisotopic (exact) mass is 313 g/mol. The van der Waals surface area contributed by atoms with Crippen LogP contribution in [0, 0.1) is 0 Å². The summed E-state index contributed by atoms with van der Waals surface area (Å²) < 4.78 is 5.18. The van der Waals surface area contributed by atoms with Gasteiger partial charge in [-0.15, -0.1) is 0 Å². The van der Waals surface area contributed by atoms with E-state index < -0.39 is 0 Å². The summed E-state index contributed by atoms with van der Waals surface area (Å²) in [4.78, 5) is 14.2. The molecule has 0 saturated carbocycles. The van der Waals surface area contributed by atoms with Crippen LogP contribution < -0.4 is 15.5 Å². The lowest BCUT2D eigenvalue weighted by Crippen LogP contribution is -2.29. The van der Waals surface area contributed by atoms with E-state index in [4.69, 9.17) is 4.42 Å². The molecule has 0 bridgehead atoms. The van der Waals surface area contributed by atoms with Crippen LogP contribution in [0.4, 0.5) is 11.4 Å². The number of nitrogens with one attached hydrogen (secondary N) is 2. The van der Waals surface area contributed by atoms with Crippen LogP contribution >= 0.6 is 0 Å². The van der Waals surface area contributed by atoms with E-state index in [0.29, 0.717) is 6.54 Å². The first kappa shape index (κ1) is 15.5. The van der Waals surface area contributed by atoms with Gasteiger partial charge in [0, 0.05) is 24.5 Å². The lowest BCUT2D eigenvalue weighted by atomic mass is 10.1. The average molecular weight is 313 g/mol. The van der Waals surface area contributed by atoms with Gasteiger partial charge in [-0.25, -0.2) is 0 Å². The van der Waals surface area contributed by atoms with E-state index in [1.54, 1.807) is 6.26 Å². The van der Waals surface area contributed by atoms with Gasteiger partial charge in [0.05, 0.1) is 19.4 Å². The molecule has 5 nitrogen and oxygen atoms in total. The van der Waals surface area contributed by atoms with Gasteiger partial charge in [0.2, 0.25) is 5.91 Å². The normalized spacial score (nSPS) is 14.5. The first-order chi connectivity index (χ1) is 11.3. The highest BCUT2D eigenvalue weighted by Crippen LogP contribution is 2.21. The van der Waals surface area contributed by atoms with Crippen molar-refractivity contribution in [2.24, 2.45) is 0 Å². The number of piperidine rings is 1. The summed E-state index contributed by atoms with van der Waals surface area (Å²) in [5.74, 6) is 0.700. The van der Waals surface area contributed by atoms with Crippen molar-refractivity contribution in [2.45, 2.75) is 25.8 Å². The third-order valence-corrected chi connectivity index (χ3v) is 4.08. The first-order valence-corrected chi connectivity index (χ1v) is 8.19. The Bertz CT molecular complexity index is 602. The third-order valence-electron chi connectivity index (χ3n) is 4.08. The molecular formula is C18H23N3O2. The van der Waals surface area contributed by atoms with Gasteiger partial charge in [0.25, 0.3) is 0 Å². The highest BCUT2D eigenvalue weighted by molar-refractivity contribution is 5.80. The molecule has 1 aliphatic heterocycles. The van der Waals surface area contributed by atoms with E-state index in [0.717, 1.165) is 24.5 Å². The van der Waals surface area contributed by atoms with Gasteiger partial charge in [0.15, 0.2) is 0 Å². The van der Waals surface area contributed by atoms with Crippen LogP contribution in [0.25, 0.3) is 0 Å². The molecule has 2 aromatic rings. The maximum absolute atomic E-state index is 11.8. The van der Waals surface area contributed by atoms with Crippen molar-refractivity contribution >= 4 is 17.3 Å². The van der Waals surface area contributed by atoms with Crippen molar-refractivity contribution in [3.05, 3.63) is 48.4 Å². The fourth-order valence-electron chi connectivity index (χ4n) is 2.79. The van der Waals surface area contributed by atoms with Crippen molar-refractivity contribution in [3.63, 3.8) is 0 Å². The van der Waals surface area contributed by atoms with Crippen LogP contribution in [0.5, 0.6) is 0 Å². The zero-order valence-electron chi connectivity index (χ0n) is 13.3. The molecule has 1 aromatic carbocycles. The Morgan fingerprint density at radius 3 is 2.57 bits per heavy atom. The second-order valence-electron chi connectivity index (χ2n) is 5.80. The number of rotatable bonds is 6. The fourth-order valence-corrected chi connectivity index (χ4v) is 2.79. The summed E-state index contributed by atoms with van der Waals surface area (Å²) in [7, 11) is 0. The number of benzene rings is 1. The zero-order valence-corrected chi connectivity index (χ0v) is 13.3. The Kier molecular flexibility index (Phi) is 5.19. The van der Waals surface area contributed by atoms with Crippen molar-refractivity contribution in [2.75, 3.05) is 29.9 Å². The summed E-state index contributed by atoms with van der Waals surface area (Å²) in [6, 6.07) is 12.0. The molecule has 2 N–H and O–H groups in total.